The van der Waals surface area contributed by atoms with E-state index in [2.05, 4.69) is 0 Å². The number of halogens is 3. The topological polar surface area (TPSA) is 9.23 Å². The molecule has 1 aromatic rings. The molecule has 0 N–H and O–H groups in total. The zero-order chi connectivity index (χ0) is 12.1. The summed E-state index contributed by atoms with van der Waals surface area (Å²) in [6.07, 6.45) is -4.28. The Hall–Kier alpha value is -1.19. The van der Waals surface area contributed by atoms with Crippen molar-refractivity contribution in [1.82, 2.24) is 0 Å². The van der Waals surface area contributed by atoms with Crippen molar-refractivity contribution in [3.8, 4) is 5.75 Å². The molecule has 0 bridgehead atoms. The smallest absolute Gasteiger partial charge is 0.416 e. The molecule has 0 fully saturated rings. The summed E-state index contributed by atoms with van der Waals surface area (Å²) >= 11 is 0. The molecule has 0 saturated heterocycles. The number of methoxy groups -OCH3 is 1. The molecule has 0 aromatic heterocycles. The fourth-order valence-corrected chi connectivity index (χ4v) is 1.05. The van der Waals surface area contributed by atoms with Crippen molar-refractivity contribution >= 4 is 0 Å². The molecule has 0 amide bonds. The fraction of sp³-hybridized carbons (Fsp3) is 0.455. The van der Waals surface area contributed by atoms with E-state index in [0.717, 1.165) is 12.1 Å². The lowest BCUT2D eigenvalue weighted by Gasteiger charge is -2.09. The van der Waals surface area contributed by atoms with Crippen LogP contribution >= 0.6 is 0 Å². The number of ether oxygens (including phenoxy) is 1. The van der Waals surface area contributed by atoms with Crippen LogP contribution in [0, 0.1) is 6.92 Å². The third-order valence-electron chi connectivity index (χ3n) is 1.72. The number of alkyl halides is 3. The molecule has 86 valence electrons. The van der Waals surface area contributed by atoms with Gasteiger partial charge in [-0.05, 0) is 30.7 Å². The SMILES string of the molecule is CC.COc1ccc(C(F)(F)F)cc1C. The van der Waals surface area contributed by atoms with Gasteiger partial charge in [-0.1, -0.05) is 13.8 Å². The highest BCUT2D eigenvalue weighted by Gasteiger charge is 2.30. The van der Waals surface area contributed by atoms with Crippen LogP contribution in [0.5, 0.6) is 5.75 Å². The van der Waals surface area contributed by atoms with Gasteiger partial charge in [-0.25, -0.2) is 0 Å². The lowest BCUT2D eigenvalue weighted by molar-refractivity contribution is -0.137. The quantitative estimate of drug-likeness (QED) is 0.693. The van der Waals surface area contributed by atoms with E-state index in [1.165, 1.54) is 13.2 Å². The number of hydrogen-bond donors (Lipinski definition) is 0. The van der Waals surface area contributed by atoms with Crippen LogP contribution in [0.3, 0.4) is 0 Å². The van der Waals surface area contributed by atoms with Crippen molar-refractivity contribution in [3.63, 3.8) is 0 Å². The average Bonchev–Trinajstić information content (AvgIpc) is 2.19. The van der Waals surface area contributed by atoms with E-state index in [1.807, 2.05) is 13.8 Å². The molecule has 0 heterocycles. The largest absolute Gasteiger partial charge is 0.496 e. The number of benzene rings is 1. The van der Waals surface area contributed by atoms with Gasteiger partial charge in [0, 0.05) is 0 Å². The first-order chi connectivity index (χ1) is 6.95. The van der Waals surface area contributed by atoms with E-state index in [9.17, 15) is 13.2 Å². The van der Waals surface area contributed by atoms with Crippen molar-refractivity contribution in [1.29, 1.82) is 0 Å². The first kappa shape index (κ1) is 13.8. The maximum Gasteiger partial charge on any atom is 0.416 e. The number of hydrogen-bond acceptors (Lipinski definition) is 1. The molecule has 0 radical (unpaired) electrons. The normalized spacial score (nSPS) is 10.3. The Labute approximate surface area is 87.9 Å². The maximum absolute atomic E-state index is 12.2. The van der Waals surface area contributed by atoms with E-state index in [0.29, 0.717) is 11.3 Å². The average molecular weight is 220 g/mol. The highest BCUT2D eigenvalue weighted by Crippen LogP contribution is 2.31. The molecular formula is C11H15F3O. The van der Waals surface area contributed by atoms with Gasteiger partial charge < -0.3 is 4.74 Å². The molecule has 1 rings (SSSR count). The second-order valence-corrected chi connectivity index (χ2v) is 2.68. The van der Waals surface area contributed by atoms with Crippen molar-refractivity contribution in [2.24, 2.45) is 0 Å². The first-order valence-corrected chi connectivity index (χ1v) is 4.67. The molecular weight excluding hydrogens is 205 g/mol. The van der Waals surface area contributed by atoms with Crippen molar-refractivity contribution < 1.29 is 17.9 Å². The van der Waals surface area contributed by atoms with Gasteiger partial charge in [0.1, 0.15) is 5.75 Å². The van der Waals surface area contributed by atoms with Crippen LogP contribution in [0.15, 0.2) is 18.2 Å². The standard InChI is InChI=1S/C9H9F3O.C2H6/c1-6-5-7(9(10,11)12)3-4-8(6)13-2;1-2/h3-5H,1-2H3;1-2H3. The number of rotatable bonds is 1. The predicted molar refractivity (Wildman–Crippen MR) is 54.1 cm³/mol. The molecule has 0 aliphatic rings. The second kappa shape index (κ2) is 5.63. The minimum Gasteiger partial charge on any atom is -0.496 e. The summed E-state index contributed by atoms with van der Waals surface area (Å²) in [5.74, 6) is 0.466. The van der Waals surface area contributed by atoms with E-state index >= 15 is 0 Å². The summed E-state index contributed by atoms with van der Waals surface area (Å²) in [7, 11) is 1.43. The summed E-state index contributed by atoms with van der Waals surface area (Å²) < 4.78 is 41.3. The third-order valence-corrected chi connectivity index (χ3v) is 1.72. The lowest BCUT2D eigenvalue weighted by atomic mass is 10.1. The lowest BCUT2D eigenvalue weighted by Crippen LogP contribution is -2.05. The van der Waals surface area contributed by atoms with Gasteiger partial charge in [0.25, 0.3) is 0 Å². The second-order valence-electron chi connectivity index (χ2n) is 2.68. The van der Waals surface area contributed by atoms with Crippen molar-refractivity contribution in [2.75, 3.05) is 7.11 Å². The third kappa shape index (κ3) is 3.81. The summed E-state index contributed by atoms with van der Waals surface area (Å²) in [6.45, 7) is 5.58. The van der Waals surface area contributed by atoms with E-state index in [1.54, 1.807) is 6.92 Å². The fourth-order valence-electron chi connectivity index (χ4n) is 1.05. The highest BCUT2D eigenvalue weighted by atomic mass is 19.4. The van der Waals surface area contributed by atoms with Crippen molar-refractivity contribution in [3.05, 3.63) is 29.3 Å². The Morgan fingerprint density at radius 1 is 1.13 bits per heavy atom. The molecule has 0 aliphatic carbocycles. The van der Waals surface area contributed by atoms with Crippen molar-refractivity contribution in [2.45, 2.75) is 26.9 Å². The molecule has 0 atom stereocenters. The van der Waals surface area contributed by atoms with E-state index in [-0.39, 0.29) is 0 Å². The van der Waals surface area contributed by atoms with Gasteiger partial charge >= 0.3 is 6.18 Å². The Kier molecular flexibility index (Phi) is 5.19. The molecule has 15 heavy (non-hydrogen) atoms. The molecule has 0 saturated carbocycles. The van der Waals surface area contributed by atoms with Crippen LogP contribution in [0.2, 0.25) is 0 Å². The Bertz CT molecular complexity index is 305. The van der Waals surface area contributed by atoms with Gasteiger partial charge in [-0.2, -0.15) is 13.2 Å². The van der Waals surface area contributed by atoms with Gasteiger partial charge in [0.05, 0.1) is 12.7 Å². The molecule has 1 nitrogen and oxygen atoms in total. The van der Waals surface area contributed by atoms with E-state index < -0.39 is 11.7 Å². The Balaban J connectivity index is 0.000000921. The van der Waals surface area contributed by atoms with Crippen LogP contribution in [-0.4, -0.2) is 7.11 Å². The summed E-state index contributed by atoms with van der Waals surface area (Å²) in [5, 5.41) is 0. The zero-order valence-electron chi connectivity index (χ0n) is 9.27. The minimum absolute atomic E-state index is 0.466. The Morgan fingerprint density at radius 3 is 2.00 bits per heavy atom. The van der Waals surface area contributed by atoms with Crippen LogP contribution in [0.1, 0.15) is 25.0 Å². The highest BCUT2D eigenvalue weighted by molar-refractivity contribution is 5.37. The first-order valence-electron chi connectivity index (χ1n) is 4.67. The zero-order valence-corrected chi connectivity index (χ0v) is 9.27. The van der Waals surface area contributed by atoms with Gasteiger partial charge in [-0.3, -0.25) is 0 Å². The van der Waals surface area contributed by atoms with Crippen LogP contribution in [0.25, 0.3) is 0 Å². The van der Waals surface area contributed by atoms with Gasteiger partial charge in [-0.15, -0.1) is 0 Å². The van der Waals surface area contributed by atoms with Gasteiger partial charge in [0.2, 0.25) is 0 Å². The summed E-state index contributed by atoms with van der Waals surface area (Å²) in [5.41, 5.74) is -0.164. The molecule has 0 spiro atoms. The minimum atomic E-state index is -4.28. The van der Waals surface area contributed by atoms with Gasteiger partial charge in [0.15, 0.2) is 0 Å². The molecule has 0 unspecified atom stereocenters. The Morgan fingerprint density at radius 2 is 1.67 bits per heavy atom. The van der Waals surface area contributed by atoms with E-state index in [4.69, 9.17) is 4.74 Å². The van der Waals surface area contributed by atoms with Crippen LogP contribution < -0.4 is 4.74 Å². The summed E-state index contributed by atoms with van der Waals surface area (Å²) in [6, 6.07) is 3.39. The predicted octanol–water partition coefficient (Wildman–Crippen LogP) is 4.05. The van der Waals surface area contributed by atoms with Crippen LogP contribution in [-0.2, 0) is 6.18 Å². The molecule has 0 aliphatic heterocycles. The number of aryl methyl sites for hydroxylation is 1. The molecule has 1 aromatic carbocycles. The molecule has 4 heteroatoms. The summed E-state index contributed by atoms with van der Waals surface area (Å²) in [4.78, 5) is 0. The maximum atomic E-state index is 12.2. The monoisotopic (exact) mass is 220 g/mol. The van der Waals surface area contributed by atoms with Crippen LogP contribution in [0.4, 0.5) is 13.2 Å².